The third-order valence-corrected chi connectivity index (χ3v) is 6.20. The molecule has 2 aromatic carbocycles. The Hall–Kier alpha value is -3.41. The van der Waals surface area contributed by atoms with Gasteiger partial charge >= 0.3 is 0 Å². The molecule has 1 aliphatic rings. The Morgan fingerprint density at radius 1 is 1.13 bits per heavy atom. The van der Waals surface area contributed by atoms with Crippen LogP contribution in [-0.2, 0) is 13.6 Å². The molecule has 1 aliphatic carbocycles. The van der Waals surface area contributed by atoms with Crippen LogP contribution in [0.2, 0.25) is 0 Å². The van der Waals surface area contributed by atoms with E-state index in [0.717, 1.165) is 29.4 Å². The van der Waals surface area contributed by atoms with E-state index in [1.54, 1.807) is 4.68 Å². The minimum absolute atomic E-state index is 0.154. The van der Waals surface area contributed by atoms with Crippen LogP contribution in [0.5, 0.6) is 0 Å². The van der Waals surface area contributed by atoms with Gasteiger partial charge in [-0.25, -0.2) is 4.98 Å². The van der Waals surface area contributed by atoms with E-state index in [-0.39, 0.29) is 5.91 Å². The number of rotatable bonds is 5. The van der Waals surface area contributed by atoms with E-state index in [4.69, 9.17) is 4.98 Å². The highest BCUT2D eigenvalue weighted by Gasteiger charge is 2.28. The summed E-state index contributed by atoms with van der Waals surface area (Å²) in [6, 6.07) is 16.3. The van der Waals surface area contributed by atoms with Gasteiger partial charge in [0.25, 0.3) is 5.91 Å². The van der Waals surface area contributed by atoms with Crippen LogP contribution < -0.4 is 5.32 Å². The zero-order chi connectivity index (χ0) is 20.7. The molecule has 0 spiro atoms. The molecule has 0 saturated heterocycles. The van der Waals surface area contributed by atoms with Gasteiger partial charge in [-0.05, 0) is 48.9 Å². The van der Waals surface area contributed by atoms with Gasteiger partial charge in [-0.15, -0.1) is 0 Å². The highest BCUT2D eigenvalue weighted by Crippen LogP contribution is 2.38. The van der Waals surface area contributed by atoms with Crippen LogP contribution >= 0.6 is 0 Å². The quantitative estimate of drug-likeness (QED) is 0.531. The molecule has 0 radical (unpaired) electrons. The number of imidazole rings is 1. The molecule has 2 heterocycles. The van der Waals surface area contributed by atoms with Crippen LogP contribution in [0.15, 0.2) is 54.7 Å². The maximum Gasteiger partial charge on any atom is 0.276 e. The molecular weight excluding hydrogens is 374 g/mol. The van der Waals surface area contributed by atoms with Crippen molar-refractivity contribution in [3.05, 3.63) is 77.1 Å². The maximum atomic E-state index is 13.3. The van der Waals surface area contributed by atoms with E-state index < -0.39 is 0 Å². The number of hydrogen-bond acceptors (Lipinski definition) is 3. The van der Waals surface area contributed by atoms with E-state index in [2.05, 4.69) is 34.0 Å². The van der Waals surface area contributed by atoms with Crippen molar-refractivity contribution in [2.75, 3.05) is 5.32 Å². The van der Waals surface area contributed by atoms with Crippen molar-refractivity contribution in [1.82, 2.24) is 19.3 Å². The van der Waals surface area contributed by atoms with Gasteiger partial charge in [-0.2, -0.15) is 5.10 Å². The highest BCUT2D eigenvalue weighted by molar-refractivity contribution is 6.04. The molecule has 1 N–H and O–H groups in total. The molecule has 0 aliphatic heterocycles. The Morgan fingerprint density at radius 2 is 1.90 bits per heavy atom. The second-order valence-corrected chi connectivity index (χ2v) is 8.09. The average Bonchev–Trinajstić information content (AvgIpc) is 3.23. The first-order chi connectivity index (χ1) is 14.6. The van der Waals surface area contributed by atoms with Gasteiger partial charge in [0.05, 0.1) is 23.8 Å². The summed E-state index contributed by atoms with van der Waals surface area (Å²) in [5.41, 5.74) is 5.96. The summed E-state index contributed by atoms with van der Waals surface area (Å²) in [7, 11) is 1.83. The number of anilines is 1. The molecule has 1 saturated carbocycles. The van der Waals surface area contributed by atoms with Gasteiger partial charge < -0.3 is 4.57 Å². The third-order valence-electron chi connectivity index (χ3n) is 6.20. The summed E-state index contributed by atoms with van der Waals surface area (Å²) in [5.74, 6) is 0.841. The molecular formula is C24H25N5O. The van der Waals surface area contributed by atoms with Crippen molar-refractivity contribution < 1.29 is 4.79 Å². The number of nitrogens with zero attached hydrogens (tertiary/aromatic N) is 4. The summed E-state index contributed by atoms with van der Waals surface area (Å²) < 4.78 is 3.76. The van der Waals surface area contributed by atoms with E-state index in [9.17, 15) is 4.79 Å². The predicted octanol–water partition coefficient (Wildman–Crippen LogP) is 4.65. The zero-order valence-electron chi connectivity index (χ0n) is 17.3. The van der Waals surface area contributed by atoms with Gasteiger partial charge in [-0.1, -0.05) is 42.8 Å². The summed E-state index contributed by atoms with van der Waals surface area (Å²) in [6.45, 7) is 2.75. The molecule has 1 fully saturated rings. The summed E-state index contributed by atoms with van der Waals surface area (Å²) >= 11 is 0. The Labute approximate surface area is 175 Å². The molecule has 0 unspecified atom stereocenters. The Bertz CT molecular complexity index is 1230. The molecule has 5 rings (SSSR count). The predicted molar refractivity (Wildman–Crippen MR) is 118 cm³/mol. The third kappa shape index (κ3) is 3.18. The zero-order valence-corrected chi connectivity index (χ0v) is 17.3. The Kier molecular flexibility index (Phi) is 4.62. The van der Waals surface area contributed by atoms with E-state index in [0.29, 0.717) is 24.1 Å². The molecule has 2 aromatic heterocycles. The topological polar surface area (TPSA) is 64.7 Å². The van der Waals surface area contributed by atoms with Crippen LogP contribution in [0.1, 0.15) is 52.4 Å². The lowest BCUT2D eigenvalue weighted by Gasteiger charge is -2.25. The highest BCUT2D eigenvalue weighted by atomic mass is 16.2. The van der Waals surface area contributed by atoms with Gasteiger partial charge in [0, 0.05) is 12.6 Å². The van der Waals surface area contributed by atoms with Gasteiger partial charge in [-0.3, -0.25) is 14.8 Å². The van der Waals surface area contributed by atoms with Crippen LogP contribution in [-0.4, -0.2) is 25.2 Å². The molecule has 6 heteroatoms. The van der Waals surface area contributed by atoms with Gasteiger partial charge in [0.15, 0.2) is 0 Å². The van der Waals surface area contributed by atoms with E-state index >= 15 is 0 Å². The number of carbonyl (C=O) groups excluding carboxylic acids is 1. The number of nitrogens with one attached hydrogen (secondary N) is 1. The van der Waals surface area contributed by atoms with Crippen molar-refractivity contribution in [1.29, 1.82) is 0 Å². The molecule has 1 amide bonds. The minimum atomic E-state index is -0.154. The van der Waals surface area contributed by atoms with Crippen LogP contribution in [0.4, 0.5) is 5.95 Å². The lowest BCUT2D eigenvalue weighted by atomic mass is 9.80. The largest absolute Gasteiger partial charge is 0.305 e. The van der Waals surface area contributed by atoms with Gasteiger partial charge in [0.2, 0.25) is 5.95 Å². The van der Waals surface area contributed by atoms with Crippen LogP contribution in [0.3, 0.4) is 0 Å². The molecule has 30 heavy (non-hydrogen) atoms. The second-order valence-electron chi connectivity index (χ2n) is 8.09. The average molecular weight is 399 g/mol. The number of para-hydroxylation sites is 2. The number of aromatic nitrogens is 4. The number of fused-ring (bicyclic) bond motifs is 1. The fourth-order valence-electron chi connectivity index (χ4n) is 4.20. The monoisotopic (exact) mass is 399 g/mol. The van der Waals surface area contributed by atoms with Crippen molar-refractivity contribution in [3.8, 4) is 0 Å². The number of benzene rings is 2. The smallest absolute Gasteiger partial charge is 0.276 e. The Balaban J connectivity index is 1.53. The fraction of sp³-hybridized carbons (Fsp3) is 0.292. The number of aryl methyl sites for hydroxylation is 2. The summed E-state index contributed by atoms with van der Waals surface area (Å²) in [6.07, 6.45) is 5.30. The van der Waals surface area contributed by atoms with Crippen molar-refractivity contribution >= 4 is 22.9 Å². The lowest BCUT2D eigenvalue weighted by Crippen LogP contribution is -2.22. The maximum absolute atomic E-state index is 13.3. The van der Waals surface area contributed by atoms with Crippen molar-refractivity contribution in [3.63, 3.8) is 0 Å². The molecule has 152 valence electrons. The van der Waals surface area contributed by atoms with Crippen molar-refractivity contribution in [2.45, 2.75) is 38.6 Å². The molecule has 6 nitrogen and oxygen atoms in total. The summed E-state index contributed by atoms with van der Waals surface area (Å²) in [4.78, 5) is 18.0. The fourth-order valence-corrected chi connectivity index (χ4v) is 4.20. The van der Waals surface area contributed by atoms with Crippen LogP contribution in [0.25, 0.3) is 11.0 Å². The first-order valence-electron chi connectivity index (χ1n) is 10.4. The number of amides is 1. The Morgan fingerprint density at radius 3 is 2.67 bits per heavy atom. The number of hydrogen-bond donors (Lipinski definition) is 1. The summed E-state index contributed by atoms with van der Waals surface area (Å²) in [5, 5.41) is 7.43. The first-order valence-corrected chi connectivity index (χ1v) is 10.4. The second kappa shape index (κ2) is 7.44. The molecule has 4 aromatic rings. The van der Waals surface area contributed by atoms with Crippen LogP contribution in [0, 0.1) is 6.92 Å². The normalized spacial score (nSPS) is 14.1. The lowest BCUT2D eigenvalue weighted by molar-refractivity contribution is 0.101. The molecule has 0 atom stereocenters. The number of carbonyl (C=O) groups is 1. The standard InChI is InChI=1S/C24H25N5O/c1-16-8-3-4-9-18(16)15-29-21-13-6-5-12-20(21)26-24(29)27-23(30)22-19(14-25-28(22)2)17-10-7-11-17/h3-6,8-9,12-14,17H,7,10-11,15H2,1-2H3,(H,26,27,30). The molecule has 0 bridgehead atoms. The van der Waals surface area contributed by atoms with Gasteiger partial charge in [0.1, 0.15) is 5.69 Å². The van der Waals surface area contributed by atoms with E-state index in [1.165, 1.54) is 17.5 Å². The van der Waals surface area contributed by atoms with Crippen molar-refractivity contribution in [2.24, 2.45) is 7.05 Å². The first kappa shape index (κ1) is 18.6. The van der Waals surface area contributed by atoms with E-state index in [1.807, 2.05) is 49.6 Å². The SMILES string of the molecule is Cc1ccccc1Cn1c(NC(=O)c2c(C3CCC3)cnn2C)nc2ccccc21. The minimum Gasteiger partial charge on any atom is -0.305 e.